The second-order valence-electron chi connectivity index (χ2n) is 5.37. The zero-order valence-corrected chi connectivity index (χ0v) is 17.2. The van der Waals surface area contributed by atoms with Crippen molar-refractivity contribution in [2.24, 2.45) is 0 Å². The summed E-state index contributed by atoms with van der Waals surface area (Å²) in [5.74, 6) is 3.62. The molecule has 0 aliphatic rings. The van der Waals surface area contributed by atoms with Crippen molar-refractivity contribution in [2.45, 2.75) is 46.0 Å². The molecule has 1 rings (SSSR count). The first-order chi connectivity index (χ1) is 11.3. The van der Waals surface area contributed by atoms with Gasteiger partial charge in [0, 0.05) is 5.75 Å². The van der Waals surface area contributed by atoms with Gasteiger partial charge < -0.3 is 5.73 Å². The topological polar surface area (TPSA) is 0 Å². The zero-order valence-electron chi connectivity index (χ0n) is 15.6. The zero-order chi connectivity index (χ0) is 16.8. The predicted octanol–water partition coefficient (Wildman–Crippen LogP) is 4.09. The molecule has 0 N–H and O–H groups in total. The van der Waals surface area contributed by atoms with Crippen LogP contribution in [-0.2, 0) is 0 Å². The summed E-state index contributed by atoms with van der Waals surface area (Å²) in [6.45, 7) is 8.28. The molecule has 0 bridgehead atoms. The van der Waals surface area contributed by atoms with Crippen molar-refractivity contribution in [3.8, 4) is 0 Å². The molecule has 0 spiro atoms. The number of thioether (sulfide) groups is 2. The Morgan fingerprint density at radius 1 is 1.08 bits per heavy atom. The Morgan fingerprint density at radius 3 is 2.42 bits per heavy atom. The minimum absolute atomic E-state index is 0. The smallest absolute Gasteiger partial charge is 0.317 e. The SMILES string of the molecule is C=Cc1ccc(C(=C=[C-]CCCC)SCCSCCCC)cc1.[Li+]. The third-order valence-corrected chi connectivity index (χ3v) is 5.75. The van der Waals surface area contributed by atoms with E-state index in [0.717, 1.165) is 17.7 Å². The molecular weight excluding hydrogens is 323 g/mol. The van der Waals surface area contributed by atoms with Crippen LogP contribution < -0.4 is 18.9 Å². The first-order valence-electron chi connectivity index (χ1n) is 8.61. The third kappa shape index (κ3) is 10.6. The van der Waals surface area contributed by atoms with Gasteiger partial charge in [0.05, 0.1) is 0 Å². The summed E-state index contributed by atoms with van der Waals surface area (Å²) in [7, 11) is 0. The van der Waals surface area contributed by atoms with Gasteiger partial charge in [-0.25, -0.2) is 17.8 Å². The van der Waals surface area contributed by atoms with Crippen molar-refractivity contribution in [1.82, 2.24) is 0 Å². The van der Waals surface area contributed by atoms with Gasteiger partial charge in [-0.15, -0.1) is 6.42 Å². The van der Waals surface area contributed by atoms with E-state index in [0.29, 0.717) is 0 Å². The standard InChI is InChI=1S/C21H29S2.Li/c1-4-7-9-10-11-21(23-18-17-22-16-8-5-2)20-14-12-19(6-3)13-15-20;/h6,12-15H,3-5,7-9,16-18H2,1-2H3;/q-1;+1. The van der Waals surface area contributed by atoms with Crippen LogP contribution in [0.4, 0.5) is 0 Å². The summed E-state index contributed by atoms with van der Waals surface area (Å²) in [6, 6.07) is 8.56. The van der Waals surface area contributed by atoms with Gasteiger partial charge in [-0.3, -0.25) is 0 Å². The Bertz CT molecular complexity index is 499. The number of hydrogen-bond acceptors (Lipinski definition) is 2. The van der Waals surface area contributed by atoms with Gasteiger partial charge in [-0.2, -0.15) is 11.8 Å². The molecule has 0 amide bonds. The van der Waals surface area contributed by atoms with Crippen LogP contribution in [0.25, 0.3) is 11.0 Å². The van der Waals surface area contributed by atoms with Crippen LogP contribution >= 0.6 is 23.5 Å². The maximum absolute atomic E-state index is 3.82. The van der Waals surface area contributed by atoms with Crippen LogP contribution in [0.5, 0.6) is 0 Å². The Morgan fingerprint density at radius 2 is 1.79 bits per heavy atom. The second-order valence-corrected chi connectivity index (χ2v) is 7.70. The number of unbranched alkanes of at least 4 members (excludes halogenated alkanes) is 3. The summed E-state index contributed by atoms with van der Waals surface area (Å²) in [5, 5.41) is 0. The first kappa shape index (κ1) is 23.8. The molecular formula is C21H29LiS2. The van der Waals surface area contributed by atoms with Crippen molar-refractivity contribution >= 4 is 34.5 Å². The molecule has 1 aromatic carbocycles. The molecule has 0 unspecified atom stereocenters. The molecule has 0 aromatic heterocycles. The molecule has 0 radical (unpaired) electrons. The summed E-state index contributed by atoms with van der Waals surface area (Å²) in [4.78, 5) is 1.22. The molecule has 0 nitrogen and oxygen atoms in total. The van der Waals surface area contributed by atoms with E-state index in [9.17, 15) is 0 Å². The number of rotatable bonds is 12. The molecule has 0 saturated heterocycles. The monoisotopic (exact) mass is 352 g/mol. The molecule has 0 atom stereocenters. The largest absolute Gasteiger partial charge is 1.00 e. The molecule has 1 aromatic rings. The van der Waals surface area contributed by atoms with E-state index in [4.69, 9.17) is 0 Å². The number of allylic oxidation sites excluding steroid dienone is 1. The maximum Gasteiger partial charge on any atom is 1.00 e. The number of benzene rings is 1. The van der Waals surface area contributed by atoms with Crippen molar-refractivity contribution in [2.75, 3.05) is 17.3 Å². The van der Waals surface area contributed by atoms with Crippen molar-refractivity contribution < 1.29 is 18.9 Å². The third-order valence-electron chi connectivity index (χ3n) is 3.38. The molecule has 0 aliphatic heterocycles. The fourth-order valence-corrected chi connectivity index (χ4v) is 4.07. The average Bonchev–Trinajstić information content (AvgIpc) is 2.60. The van der Waals surface area contributed by atoms with Crippen molar-refractivity contribution in [3.63, 3.8) is 0 Å². The minimum atomic E-state index is 0. The van der Waals surface area contributed by atoms with Gasteiger partial charge >= 0.3 is 18.9 Å². The van der Waals surface area contributed by atoms with Crippen LogP contribution in [0, 0.1) is 6.08 Å². The molecule has 0 aliphatic carbocycles. The fourth-order valence-electron chi connectivity index (χ4n) is 1.92. The van der Waals surface area contributed by atoms with Crippen LogP contribution in [0.2, 0.25) is 0 Å². The molecule has 0 heterocycles. The maximum atomic E-state index is 3.82. The van der Waals surface area contributed by atoms with Crippen LogP contribution in [-0.4, -0.2) is 17.3 Å². The van der Waals surface area contributed by atoms with Crippen LogP contribution in [0.15, 0.2) is 36.6 Å². The summed E-state index contributed by atoms with van der Waals surface area (Å²) in [5.41, 5.74) is 5.80. The quantitative estimate of drug-likeness (QED) is 0.240. The molecule has 0 fully saturated rings. The van der Waals surface area contributed by atoms with E-state index in [2.05, 4.69) is 68.3 Å². The average molecular weight is 353 g/mol. The van der Waals surface area contributed by atoms with Gasteiger partial charge in [0.15, 0.2) is 0 Å². The molecule has 126 valence electrons. The van der Waals surface area contributed by atoms with E-state index in [1.54, 1.807) is 0 Å². The van der Waals surface area contributed by atoms with Crippen LogP contribution in [0.3, 0.4) is 0 Å². The summed E-state index contributed by atoms with van der Waals surface area (Å²) in [6.07, 6.45) is 11.2. The van der Waals surface area contributed by atoms with Gasteiger partial charge in [0.25, 0.3) is 0 Å². The normalized spacial score (nSPS) is 9.75. The van der Waals surface area contributed by atoms with E-state index < -0.39 is 0 Å². The molecule has 3 heteroatoms. The van der Waals surface area contributed by atoms with Gasteiger partial charge in [-0.05, 0) is 23.5 Å². The van der Waals surface area contributed by atoms with Gasteiger partial charge in [0.2, 0.25) is 0 Å². The summed E-state index contributed by atoms with van der Waals surface area (Å²) >= 11 is 3.96. The first-order valence-corrected chi connectivity index (χ1v) is 10.7. The fraction of sp³-hybridized carbons (Fsp3) is 0.476. The van der Waals surface area contributed by atoms with E-state index in [-0.39, 0.29) is 18.9 Å². The van der Waals surface area contributed by atoms with Crippen LogP contribution in [0.1, 0.15) is 57.1 Å². The Balaban J connectivity index is 0.00000529. The summed E-state index contributed by atoms with van der Waals surface area (Å²) < 4.78 is 0. The van der Waals surface area contributed by atoms with E-state index >= 15 is 0 Å². The second kappa shape index (κ2) is 16.3. The van der Waals surface area contributed by atoms with E-state index in [1.165, 1.54) is 47.7 Å². The van der Waals surface area contributed by atoms with Crippen molar-refractivity contribution in [1.29, 1.82) is 0 Å². The van der Waals surface area contributed by atoms with Gasteiger partial charge in [-0.1, -0.05) is 80.5 Å². The minimum Gasteiger partial charge on any atom is -0.317 e. The number of hydrogen-bond donors (Lipinski definition) is 0. The van der Waals surface area contributed by atoms with E-state index in [1.807, 2.05) is 17.8 Å². The Kier molecular flexibility index (Phi) is 16.1. The Hall–Kier alpha value is -0.223. The van der Waals surface area contributed by atoms with Crippen molar-refractivity contribution in [3.05, 3.63) is 53.8 Å². The molecule has 0 saturated carbocycles. The van der Waals surface area contributed by atoms with Gasteiger partial charge in [0.1, 0.15) is 0 Å². The molecule has 24 heavy (non-hydrogen) atoms. The Labute approximate surface area is 169 Å². The predicted molar refractivity (Wildman–Crippen MR) is 111 cm³/mol.